The third kappa shape index (κ3) is 2.93. The van der Waals surface area contributed by atoms with Gasteiger partial charge in [0.05, 0.1) is 14.0 Å². The highest BCUT2D eigenvalue weighted by atomic mass is 28.3. The Bertz CT molecular complexity index is 700. The molecule has 2 nitrogen and oxygen atoms in total. The van der Waals surface area contributed by atoms with Gasteiger partial charge in [0.15, 0.2) is 0 Å². The van der Waals surface area contributed by atoms with Crippen molar-refractivity contribution < 1.29 is 9.53 Å². The zero-order chi connectivity index (χ0) is 17.3. The second kappa shape index (κ2) is 6.56. The third-order valence-electron chi connectivity index (χ3n) is 5.56. The summed E-state index contributed by atoms with van der Waals surface area (Å²) in [6.07, 6.45) is 7.05. The van der Waals surface area contributed by atoms with Gasteiger partial charge >= 0.3 is 5.97 Å². The smallest absolute Gasteiger partial charge is 0.334 e. The molecule has 0 bridgehead atoms. The first-order valence-electron chi connectivity index (χ1n) is 8.71. The summed E-state index contributed by atoms with van der Waals surface area (Å²) < 4.78 is 5.88. The predicted molar refractivity (Wildman–Crippen MR) is 101 cm³/mol. The maximum absolute atomic E-state index is 12.3. The van der Waals surface area contributed by atoms with Crippen LogP contribution in [0.2, 0.25) is 18.6 Å². The molecule has 0 aromatic heterocycles. The Labute approximate surface area is 145 Å². The maximum Gasteiger partial charge on any atom is 0.334 e. The second-order valence-electron chi connectivity index (χ2n) is 7.49. The van der Waals surface area contributed by atoms with Gasteiger partial charge in [-0.3, -0.25) is 0 Å². The summed E-state index contributed by atoms with van der Waals surface area (Å²) in [6.45, 7) is 10.7. The van der Waals surface area contributed by atoms with E-state index in [0.29, 0.717) is 5.54 Å². The number of rotatable bonds is 4. The lowest BCUT2D eigenvalue weighted by Gasteiger charge is -2.40. The third-order valence-corrected chi connectivity index (χ3v) is 9.45. The molecule has 0 unspecified atom stereocenters. The molecule has 1 aliphatic carbocycles. The van der Waals surface area contributed by atoms with Crippen LogP contribution in [0.3, 0.4) is 0 Å². The molecule has 1 saturated heterocycles. The van der Waals surface area contributed by atoms with Gasteiger partial charge in [-0.05, 0) is 30.5 Å². The standard InChI is InChI=1S/C21H26O2Si/c1-5-16-12-13-18(20-19(16)17(6-2)21(22)23-20)24(3,4)14-15-10-8-7-9-11-15/h5-12,18-20H,1,13-14H2,2-4H3/b17-6-/t18-,19-,20-/m0/s1. The minimum Gasteiger partial charge on any atom is -0.458 e. The van der Waals surface area contributed by atoms with Crippen LogP contribution in [0.15, 0.2) is 66.3 Å². The number of benzene rings is 1. The van der Waals surface area contributed by atoms with Crippen LogP contribution in [0.25, 0.3) is 0 Å². The summed E-state index contributed by atoms with van der Waals surface area (Å²) in [5, 5.41) is 0. The summed E-state index contributed by atoms with van der Waals surface area (Å²) in [7, 11) is -1.63. The number of hydrogen-bond acceptors (Lipinski definition) is 2. The van der Waals surface area contributed by atoms with E-state index in [2.05, 4.69) is 56.1 Å². The van der Waals surface area contributed by atoms with Gasteiger partial charge in [-0.15, -0.1) is 0 Å². The first-order valence-corrected chi connectivity index (χ1v) is 12.0. The molecule has 0 amide bonds. The van der Waals surface area contributed by atoms with E-state index in [1.807, 2.05) is 19.1 Å². The van der Waals surface area contributed by atoms with Crippen LogP contribution in [-0.4, -0.2) is 20.1 Å². The van der Waals surface area contributed by atoms with Gasteiger partial charge in [0.2, 0.25) is 0 Å². The van der Waals surface area contributed by atoms with E-state index in [9.17, 15) is 4.79 Å². The van der Waals surface area contributed by atoms with Crippen LogP contribution in [-0.2, 0) is 15.6 Å². The molecule has 0 N–H and O–H groups in total. The average Bonchev–Trinajstić information content (AvgIpc) is 2.90. The van der Waals surface area contributed by atoms with E-state index in [4.69, 9.17) is 4.74 Å². The molecular formula is C21H26O2Si. The van der Waals surface area contributed by atoms with E-state index in [1.54, 1.807) is 0 Å². The van der Waals surface area contributed by atoms with Crippen LogP contribution >= 0.6 is 0 Å². The number of esters is 1. The minimum atomic E-state index is -1.63. The van der Waals surface area contributed by atoms with Crippen molar-refractivity contribution >= 4 is 14.0 Å². The number of carbonyl (C=O) groups excluding carboxylic acids is 1. The molecule has 0 spiro atoms. The largest absolute Gasteiger partial charge is 0.458 e. The summed E-state index contributed by atoms with van der Waals surface area (Å²) >= 11 is 0. The monoisotopic (exact) mass is 338 g/mol. The van der Waals surface area contributed by atoms with E-state index >= 15 is 0 Å². The topological polar surface area (TPSA) is 26.3 Å². The molecule has 1 aliphatic heterocycles. The van der Waals surface area contributed by atoms with Crippen LogP contribution in [0, 0.1) is 5.92 Å². The molecule has 1 heterocycles. The second-order valence-corrected chi connectivity index (χ2v) is 12.6. The molecule has 3 atom stereocenters. The molecule has 126 valence electrons. The quantitative estimate of drug-likeness (QED) is 0.445. The summed E-state index contributed by atoms with van der Waals surface area (Å²) in [5.74, 6) is -0.0713. The van der Waals surface area contributed by atoms with Gasteiger partial charge in [0.25, 0.3) is 0 Å². The Morgan fingerprint density at radius 1 is 1.29 bits per heavy atom. The first kappa shape index (κ1) is 17.0. The average molecular weight is 339 g/mol. The summed E-state index contributed by atoms with van der Waals surface area (Å²) in [6, 6.07) is 11.8. The Balaban J connectivity index is 1.93. The molecule has 1 aromatic rings. The van der Waals surface area contributed by atoms with Crippen molar-refractivity contribution in [1.29, 1.82) is 0 Å². The molecule has 0 radical (unpaired) electrons. The number of fused-ring (bicyclic) bond motifs is 1. The summed E-state index contributed by atoms with van der Waals surface area (Å²) in [4.78, 5) is 12.3. The zero-order valence-corrected chi connectivity index (χ0v) is 15.8. The Hall–Kier alpha value is -1.87. The number of carbonyl (C=O) groups is 1. The van der Waals surface area contributed by atoms with Crippen molar-refractivity contribution in [3.05, 3.63) is 71.8 Å². The molecule has 1 fully saturated rings. The van der Waals surface area contributed by atoms with Crippen molar-refractivity contribution in [1.82, 2.24) is 0 Å². The molecule has 3 rings (SSSR count). The molecule has 3 heteroatoms. The Kier molecular flexibility index (Phi) is 4.64. The predicted octanol–water partition coefficient (Wildman–Crippen LogP) is 4.85. The summed E-state index contributed by atoms with van der Waals surface area (Å²) in [5.41, 5.74) is 3.78. The molecule has 1 aromatic carbocycles. The van der Waals surface area contributed by atoms with E-state index in [1.165, 1.54) is 5.56 Å². The van der Waals surface area contributed by atoms with Gasteiger partial charge in [0.1, 0.15) is 6.10 Å². The zero-order valence-electron chi connectivity index (χ0n) is 14.8. The van der Waals surface area contributed by atoms with Crippen molar-refractivity contribution in [3.8, 4) is 0 Å². The lowest BCUT2D eigenvalue weighted by molar-refractivity contribution is -0.139. The lowest BCUT2D eigenvalue weighted by atomic mass is 9.81. The minimum absolute atomic E-state index is 0.0212. The fourth-order valence-electron chi connectivity index (χ4n) is 4.30. The van der Waals surface area contributed by atoms with Crippen LogP contribution in [0.1, 0.15) is 18.9 Å². The van der Waals surface area contributed by atoms with E-state index in [0.717, 1.165) is 23.6 Å². The van der Waals surface area contributed by atoms with Crippen molar-refractivity contribution in [3.63, 3.8) is 0 Å². The molecule has 0 saturated carbocycles. The van der Waals surface area contributed by atoms with Crippen LogP contribution in [0.4, 0.5) is 0 Å². The van der Waals surface area contributed by atoms with Gasteiger partial charge in [-0.2, -0.15) is 0 Å². The normalized spacial score (nSPS) is 28.3. The molecular weight excluding hydrogens is 312 g/mol. The highest BCUT2D eigenvalue weighted by Crippen LogP contribution is 2.49. The molecule has 24 heavy (non-hydrogen) atoms. The van der Waals surface area contributed by atoms with Gasteiger partial charge in [-0.25, -0.2) is 4.79 Å². The number of allylic oxidation sites excluding steroid dienone is 3. The molecule has 2 aliphatic rings. The SMILES string of the molecule is C=CC1=CC[C@H]([Si](C)(C)Cc2ccccc2)[C@@H]2OC(=O)/C(=C\C)[C@H]12. The van der Waals surface area contributed by atoms with Crippen LogP contribution in [0.5, 0.6) is 0 Å². The van der Waals surface area contributed by atoms with Gasteiger partial charge in [0, 0.05) is 5.57 Å². The highest BCUT2D eigenvalue weighted by molar-refractivity contribution is 6.78. The van der Waals surface area contributed by atoms with Crippen LogP contribution < -0.4 is 0 Å². The Morgan fingerprint density at radius 3 is 2.62 bits per heavy atom. The maximum atomic E-state index is 12.3. The van der Waals surface area contributed by atoms with Crippen molar-refractivity contribution in [2.75, 3.05) is 0 Å². The highest BCUT2D eigenvalue weighted by Gasteiger charge is 2.51. The number of hydrogen-bond donors (Lipinski definition) is 0. The fraction of sp³-hybridized carbons (Fsp3) is 0.381. The van der Waals surface area contributed by atoms with Crippen molar-refractivity contribution in [2.24, 2.45) is 5.92 Å². The number of ether oxygens (including phenoxy) is 1. The fourth-order valence-corrected chi connectivity index (χ4v) is 7.75. The van der Waals surface area contributed by atoms with Crippen molar-refractivity contribution in [2.45, 2.75) is 44.1 Å². The van der Waals surface area contributed by atoms with Gasteiger partial charge in [-0.1, -0.05) is 73.8 Å². The lowest BCUT2D eigenvalue weighted by Crippen LogP contribution is -2.45. The Morgan fingerprint density at radius 2 is 2.00 bits per heavy atom. The first-order chi connectivity index (χ1) is 11.5. The van der Waals surface area contributed by atoms with Gasteiger partial charge < -0.3 is 4.74 Å². The van der Waals surface area contributed by atoms with E-state index < -0.39 is 8.07 Å². The van der Waals surface area contributed by atoms with E-state index in [-0.39, 0.29) is 18.0 Å².